The lowest BCUT2D eigenvalue weighted by Crippen LogP contribution is -2.32. The Bertz CT molecular complexity index is 655. The minimum atomic E-state index is -2.92. The zero-order chi connectivity index (χ0) is 16.6. The molecule has 0 spiro atoms. The number of rotatable bonds is 6. The summed E-state index contributed by atoms with van der Waals surface area (Å²) in [5, 5.41) is 4.05. The SMILES string of the molecule is CC1(C)C(=O)NN=C1c1ccc(OC(F)F)c(OCC2CC2)c1. The Kier molecular flexibility index (Phi) is 3.95. The lowest BCUT2D eigenvalue weighted by Gasteiger charge is -2.18. The molecule has 1 heterocycles. The molecule has 0 bridgehead atoms. The Morgan fingerprint density at radius 2 is 2.09 bits per heavy atom. The van der Waals surface area contributed by atoms with Crippen LogP contribution in [0.15, 0.2) is 23.3 Å². The predicted molar refractivity (Wildman–Crippen MR) is 79.8 cm³/mol. The van der Waals surface area contributed by atoms with Crippen molar-refractivity contribution in [3.05, 3.63) is 23.8 Å². The average molecular weight is 324 g/mol. The molecule has 1 amide bonds. The maximum Gasteiger partial charge on any atom is 0.387 e. The van der Waals surface area contributed by atoms with Gasteiger partial charge in [0, 0.05) is 5.56 Å². The van der Waals surface area contributed by atoms with Crippen molar-refractivity contribution in [3.8, 4) is 11.5 Å². The summed E-state index contributed by atoms with van der Waals surface area (Å²) in [5.74, 6) is 0.495. The maximum absolute atomic E-state index is 12.5. The highest BCUT2D eigenvalue weighted by Gasteiger charge is 2.39. The van der Waals surface area contributed by atoms with Crippen LogP contribution in [0.3, 0.4) is 0 Å². The molecule has 2 aliphatic rings. The van der Waals surface area contributed by atoms with Gasteiger partial charge in [-0.05, 0) is 50.8 Å². The van der Waals surface area contributed by atoms with Gasteiger partial charge in [-0.2, -0.15) is 13.9 Å². The molecule has 124 valence electrons. The molecular formula is C16H18F2N2O3. The monoisotopic (exact) mass is 324 g/mol. The van der Waals surface area contributed by atoms with Gasteiger partial charge in [-0.25, -0.2) is 5.43 Å². The normalized spacial score (nSPS) is 19.5. The quantitative estimate of drug-likeness (QED) is 0.875. The molecule has 0 radical (unpaired) electrons. The van der Waals surface area contributed by atoms with Crippen molar-refractivity contribution >= 4 is 11.6 Å². The third-order valence-electron chi connectivity index (χ3n) is 4.03. The summed E-state index contributed by atoms with van der Waals surface area (Å²) in [5.41, 5.74) is 2.83. The van der Waals surface area contributed by atoms with Gasteiger partial charge in [0.05, 0.1) is 17.7 Å². The van der Waals surface area contributed by atoms with E-state index >= 15 is 0 Å². The van der Waals surface area contributed by atoms with E-state index in [4.69, 9.17) is 4.74 Å². The van der Waals surface area contributed by atoms with Crippen LogP contribution in [0.2, 0.25) is 0 Å². The summed E-state index contributed by atoms with van der Waals surface area (Å²) in [6.07, 6.45) is 2.17. The standard InChI is InChI=1S/C16H18F2N2O3/c1-16(2)13(19-20-14(16)21)10-5-6-11(23-15(17)18)12(7-10)22-8-9-3-4-9/h5-7,9,15H,3-4,8H2,1-2H3,(H,20,21). The van der Waals surface area contributed by atoms with Crippen LogP contribution >= 0.6 is 0 Å². The third-order valence-corrected chi connectivity index (χ3v) is 4.03. The number of carbonyl (C=O) groups is 1. The first-order valence-electron chi connectivity index (χ1n) is 7.48. The summed E-state index contributed by atoms with van der Waals surface area (Å²) in [7, 11) is 0. The van der Waals surface area contributed by atoms with Gasteiger partial charge < -0.3 is 9.47 Å². The fourth-order valence-corrected chi connectivity index (χ4v) is 2.37. The highest BCUT2D eigenvalue weighted by atomic mass is 19.3. The first kappa shape index (κ1) is 15.7. The Balaban J connectivity index is 1.89. The number of nitrogens with zero attached hydrogens (tertiary/aromatic N) is 1. The molecule has 0 unspecified atom stereocenters. The van der Waals surface area contributed by atoms with Gasteiger partial charge in [-0.15, -0.1) is 0 Å². The van der Waals surface area contributed by atoms with Crippen molar-refractivity contribution in [3.63, 3.8) is 0 Å². The number of hydrogen-bond acceptors (Lipinski definition) is 4. The second-order valence-electron chi connectivity index (χ2n) is 6.32. The van der Waals surface area contributed by atoms with Crippen molar-refractivity contribution in [2.24, 2.45) is 16.4 Å². The summed E-state index contributed by atoms with van der Waals surface area (Å²) in [6.45, 7) is 1.05. The molecule has 1 fully saturated rings. The number of amides is 1. The first-order valence-corrected chi connectivity index (χ1v) is 7.48. The molecule has 0 aromatic heterocycles. The van der Waals surface area contributed by atoms with E-state index < -0.39 is 12.0 Å². The minimum Gasteiger partial charge on any atom is -0.489 e. The number of halogens is 2. The number of carbonyl (C=O) groups excluding carboxylic acids is 1. The van der Waals surface area contributed by atoms with Crippen molar-refractivity contribution in [1.29, 1.82) is 0 Å². The van der Waals surface area contributed by atoms with Crippen LogP contribution in [0.25, 0.3) is 0 Å². The lowest BCUT2D eigenvalue weighted by atomic mass is 9.84. The topological polar surface area (TPSA) is 59.9 Å². The third kappa shape index (κ3) is 3.28. The van der Waals surface area contributed by atoms with Gasteiger partial charge in [0.1, 0.15) is 0 Å². The molecule has 1 aliphatic carbocycles. The summed E-state index contributed by atoms with van der Waals surface area (Å²) >= 11 is 0. The Hall–Kier alpha value is -2.18. The van der Waals surface area contributed by atoms with E-state index in [-0.39, 0.29) is 17.4 Å². The summed E-state index contributed by atoms with van der Waals surface area (Å²) in [6, 6.07) is 4.62. The second kappa shape index (κ2) is 5.79. The van der Waals surface area contributed by atoms with E-state index in [0.29, 0.717) is 23.8 Å². The number of hydrazone groups is 1. The highest BCUT2D eigenvalue weighted by Crippen LogP contribution is 2.36. The first-order chi connectivity index (χ1) is 10.9. The van der Waals surface area contributed by atoms with Crippen molar-refractivity contribution in [2.45, 2.75) is 33.3 Å². The molecule has 23 heavy (non-hydrogen) atoms. The van der Waals surface area contributed by atoms with Crippen LogP contribution < -0.4 is 14.9 Å². The van der Waals surface area contributed by atoms with Crippen LogP contribution in [0.1, 0.15) is 32.3 Å². The van der Waals surface area contributed by atoms with Crippen LogP contribution in [-0.4, -0.2) is 24.8 Å². The lowest BCUT2D eigenvalue weighted by molar-refractivity contribution is -0.125. The van der Waals surface area contributed by atoms with E-state index in [1.54, 1.807) is 26.0 Å². The van der Waals surface area contributed by atoms with Crippen LogP contribution in [0.5, 0.6) is 11.5 Å². The van der Waals surface area contributed by atoms with Gasteiger partial charge >= 0.3 is 6.61 Å². The molecule has 1 N–H and O–H groups in total. The molecule has 0 saturated heterocycles. The van der Waals surface area contributed by atoms with Gasteiger partial charge in [-0.3, -0.25) is 4.79 Å². The Morgan fingerprint density at radius 1 is 1.35 bits per heavy atom. The second-order valence-corrected chi connectivity index (χ2v) is 6.32. The molecule has 1 saturated carbocycles. The number of nitrogens with one attached hydrogen (secondary N) is 1. The molecule has 5 nitrogen and oxygen atoms in total. The smallest absolute Gasteiger partial charge is 0.387 e. The molecule has 1 aliphatic heterocycles. The molecule has 3 rings (SSSR count). The fraction of sp³-hybridized carbons (Fsp3) is 0.500. The van der Waals surface area contributed by atoms with Gasteiger partial charge in [0.15, 0.2) is 11.5 Å². The summed E-state index contributed by atoms with van der Waals surface area (Å²) < 4.78 is 35.2. The van der Waals surface area contributed by atoms with Crippen LogP contribution in [0, 0.1) is 11.3 Å². The van der Waals surface area contributed by atoms with E-state index in [9.17, 15) is 13.6 Å². The van der Waals surface area contributed by atoms with Crippen molar-refractivity contribution in [2.75, 3.05) is 6.61 Å². The van der Waals surface area contributed by atoms with E-state index in [1.165, 1.54) is 6.07 Å². The number of ether oxygens (including phenoxy) is 2. The summed E-state index contributed by atoms with van der Waals surface area (Å²) in [4.78, 5) is 11.8. The van der Waals surface area contributed by atoms with Gasteiger partial charge in [0.25, 0.3) is 5.91 Å². The van der Waals surface area contributed by atoms with Gasteiger partial charge in [0.2, 0.25) is 0 Å². The molecule has 1 aromatic carbocycles. The largest absolute Gasteiger partial charge is 0.489 e. The number of alkyl halides is 2. The Labute approximate surface area is 132 Å². The van der Waals surface area contributed by atoms with E-state index in [0.717, 1.165) is 12.8 Å². The zero-order valence-electron chi connectivity index (χ0n) is 12.9. The van der Waals surface area contributed by atoms with Crippen molar-refractivity contribution < 1.29 is 23.0 Å². The predicted octanol–water partition coefficient (Wildman–Crippen LogP) is 2.94. The van der Waals surface area contributed by atoms with Crippen LogP contribution in [-0.2, 0) is 4.79 Å². The molecule has 7 heteroatoms. The highest BCUT2D eigenvalue weighted by molar-refractivity contribution is 6.19. The Morgan fingerprint density at radius 3 is 2.65 bits per heavy atom. The van der Waals surface area contributed by atoms with Crippen LogP contribution in [0.4, 0.5) is 8.78 Å². The van der Waals surface area contributed by atoms with Gasteiger partial charge in [-0.1, -0.05) is 0 Å². The molecular weight excluding hydrogens is 306 g/mol. The minimum absolute atomic E-state index is 0.0138. The fourth-order valence-electron chi connectivity index (χ4n) is 2.37. The van der Waals surface area contributed by atoms with E-state index in [2.05, 4.69) is 15.3 Å². The molecule has 0 atom stereocenters. The van der Waals surface area contributed by atoms with E-state index in [1.807, 2.05) is 0 Å². The number of hydrogen-bond donors (Lipinski definition) is 1. The molecule has 1 aromatic rings. The van der Waals surface area contributed by atoms with Crippen molar-refractivity contribution in [1.82, 2.24) is 5.43 Å². The maximum atomic E-state index is 12.5. The average Bonchev–Trinajstić information content (AvgIpc) is 3.26. The zero-order valence-corrected chi connectivity index (χ0v) is 12.9. The number of benzene rings is 1.